The van der Waals surface area contributed by atoms with Gasteiger partial charge in [0.15, 0.2) is 0 Å². The van der Waals surface area contributed by atoms with Gasteiger partial charge in [0.05, 0.1) is 27.2 Å². The standard InChI is InChI=1S/C22H15N5O2/c28-27(29)17-11-12-19-20(13-17)24-22(23-19)18-14-26(16-9-5-2-6-10-16)25-21(18)15-7-3-1-4-8-15/h1-14H,(H,23,24). The van der Waals surface area contributed by atoms with Crippen molar-refractivity contribution in [3.8, 4) is 28.3 Å². The molecule has 0 aliphatic carbocycles. The summed E-state index contributed by atoms with van der Waals surface area (Å²) in [7, 11) is 0. The lowest BCUT2D eigenvalue weighted by molar-refractivity contribution is -0.384. The molecular weight excluding hydrogens is 366 g/mol. The number of rotatable bonds is 4. The Hall–Kier alpha value is -4.26. The van der Waals surface area contributed by atoms with E-state index in [0.29, 0.717) is 16.9 Å². The van der Waals surface area contributed by atoms with Crippen molar-refractivity contribution >= 4 is 16.7 Å². The van der Waals surface area contributed by atoms with Crippen molar-refractivity contribution < 1.29 is 4.92 Å². The fourth-order valence-corrected chi connectivity index (χ4v) is 3.31. The van der Waals surface area contributed by atoms with Crippen molar-refractivity contribution in [1.82, 2.24) is 19.7 Å². The molecule has 1 N–H and O–H groups in total. The fraction of sp³-hybridized carbons (Fsp3) is 0. The predicted molar refractivity (Wildman–Crippen MR) is 111 cm³/mol. The first-order valence-corrected chi connectivity index (χ1v) is 9.04. The molecule has 0 bridgehead atoms. The van der Waals surface area contributed by atoms with E-state index in [1.165, 1.54) is 12.1 Å². The molecule has 0 atom stereocenters. The summed E-state index contributed by atoms with van der Waals surface area (Å²) in [6.07, 6.45) is 1.92. The first-order valence-electron chi connectivity index (χ1n) is 9.04. The van der Waals surface area contributed by atoms with Gasteiger partial charge >= 0.3 is 0 Å². The third kappa shape index (κ3) is 3.04. The summed E-state index contributed by atoms with van der Waals surface area (Å²) < 4.78 is 1.81. The molecule has 0 amide bonds. The number of benzene rings is 3. The Bertz CT molecular complexity index is 1320. The zero-order chi connectivity index (χ0) is 19.8. The molecule has 3 aromatic carbocycles. The average Bonchev–Trinajstić information content (AvgIpc) is 3.39. The van der Waals surface area contributed by atoms with Gasteiger partial charge in [0, 0.05) is 23.9 Å². The van der Waals surface area contributed by atoms with E-state index in [1.807, 2.05) is 71.5 Å². The topological polar surface area (TPSA) is 89.6 Å². The van der Waals surface area contributed by atoms with Gasteiger partial charge in [-0.3, -0.25) is 10.1 Å². The zero-order valence-corrected chi connectivity index (χ0v) is 15.2. The highest BCUT2D eigenvalue weighted by atomic mass is 16.6. The summed E-state index contributed by atoms with van der Waals surface area (Å²) in [5, 5.41) is 15.9. The second-order valence-electron chi connectivity index (χ2n) is 6.58. The molecule has 0 saturated carbocycles. The zero-order valence-electron chi connectivity index (χ0n) is 15.2. The molecule has 0 aliphatic heterocycles. The van der Waals surface area contributed by atoms with Crippen molar-refractivity contribution in [2.45, 2.75) is 0 Å². The molecule has 0 unspecified atom stereocenters. The second kappa shape index (κ2) is 6.72. The van der Waals surface area contributed by atoms with E-state index < -0.39 is 4.92 Å². The van der Waals surface area contributed by atoms with E-state index in [1.54, 1.807) is 6.07 Å². The van der Waals surface area contributed by atoms with Gasteiger partial charge in [0.25, 0.3) is 5.69 Å². The van der Waals surface area contributed by atoms with Crippen molar-refractivity contribution in [3.63, 3.8) is 0 Å². The molecule has 2 heterocycles. The summed E-state index contributed by atoms with van der Waals surface area (Å²) in [5.41, 5.74) is 4.79. The van der Waals surface area contributed by atoms with E-state index in [0.717, 1.165) is 22.5 Å². The smallest absolute Gasteiger partial charge is 0.271 e. The Morgan fingerprint density at radius 3 is 2.38 bits per heavy atom. The molecule has 7 nitrogen and oxygen atoms in total. The number of aromatic amines is 1. The van der Waals surface area contributed by atoms with Crippen molar-refractivity contribution in [2.24, 2.45) is 0 Å². The predicted octanol–water partition coefficient (Wildman–Crippen LogP) is 4.99. The van der Waals surface area contributed by atoms with Crippen LogP contribution in [0.3, 0.4) is 0 Å². The van der Waals surface area contributed by atoms with E-state index in [4.69, 9.17) is 5.10 Å². The molecule has 5 rings (SSSR count). The highest BCUT2D eigenvalue weighted by Crippen LogP contribution is 2.32. The van der Waals surface area contributed by atoms with Crippen molar-refractivity contribution in [3.05, 3.63) is 95.2 Å². The molecule has 0 radical (unpaired) electrons. The molecule has 0 spiro atoms. The maximum absolute atomic E-state index is 11.1. The van der Waals surface area contributed by atoms with Gasteiger partial charge in [-0.1, -0.05) is 48.5 Å². The Morgan fingerprint density at radius 1 is 0.931 bits per heavy atom. The molecule has 7 heteroatoms. The SMILES string of the molecule is O=[N+]([O-])c1ccc2nc(-c3cn(-c4ccccc4)nc3-c3ccccc3)[nH]c2c1. The molecular formula is C22H15N5O2. The summed E-state index contributed by atoms with van der Waals surface area (Å²) in [5.74, 6) is 0.613. The maximum Gasteiger partial charge on any atom is 0.271 e. The van der Waals surface area contributed by atoms with Gasteiger partial charge in [-0.25, -0.2) is 9.67 Å². The minimum absolute atomic E-state index is 0.0240. The molecule has 140 valence electrons. The first-order chi connectivity index (χ1) is 14.2. The highest BCUT2D eigenvalue weighted by Gasteiger charge is 2.18. The number of imidazole rings is 1. The third-order valence-electron chi connectivity index (χ3n) is 4.71. The summed E-state index contributed by atoms with van der Waals surface area (Å²) in [4.78, 5) is 18.5. The van der Waals surface area contributed by atoms with Crippen LogP contribution in [0.5, 0.6) is 0 Å². The molecule has 0 fully saturated rings. The first kappa shape index (κ1) is 16.9. The number of fused-ring (bicyclic) bond motifs is 1. The van der Waals surface area contributed by atoms with Crippen LogP contribution < -0.4 is 0 Å². The Balaban J connectivity index is 1.70. The number of hydrogen-bond acceptors (Lipinski definition) is 4. The summed E-state index contributed by atoms with van der Waals surface area (Å²) in [6, 6.07) is 24.3. The number of nitrogens with one attached hydrogen (secondary N) is 1. The quantitative estimate of drug-likeness (QED) is 0.351. The minimum atomic E-state index is -0.414. The maximum atomic E-state index is 11.1. The van der Waals surface area contributed by atoms with Crippen LogP contribution in [0.25, 0.3) is 39.4 Å². The number of aromatic nitrogens is 4. The number of para-hydroxylation sites is 1. The van der Waals surface area contributed by atoms with Gasteiger partial charge in [-0.15, -0.1) is 0 Å². The number of non-ortho nitro benzene ring substituents is 1. The van der Waals surface area contributed by atoms with Gasteiger partial charge < -0.3 is 4.98 Å². The molecule has 0 saturated heterocycles. The molecule has 5 aromatic rings. The monoisotopic (exact) mass is 381 g/mol. The van der Waals surface area contributed by atoms with E-state index in [9.17, 15) is 10.1 Å². The average molecular weight is 381 g/mol. The van der Waals surface area contributed by atoms with Crippen LogP contribution in [0, 0.1) is 10.1 Å². The highest BCUT2D eigenvalue weighted by molar-refractivity contribution is 5.85. The van der Waals surface area contributed by atoms with E-state index in [-0.39, 0.29) is 5.69 Å². The number of nitrogens with zero attached hydrogens (tertiary/aromatic N) is 4. The summed E-state index contributed by atoms with van der Waals surface area (Å²) >= 11 is 0. The number of nitro benzene ring substituents is 1. The number of hydrogen-bond donors (Lipinski definition) is 1. The van der Waals surface area contributed by atoms with Crippen molar-refractivity contribution in [2.75, 3.05) is 0 Å². The van der Waals surface area contributed by atoms with E-state index >= 15 is 0 Å². The lowest BCUT2D eigenvalue weighted by Gasteiger charge is -2.00. The van der Waals surface area contributed by atoms with Crippen LogP contribution in [-0.2, 0) is 0 Å². The lowest BCUT2D eigenvalue weighted by Crippen LogP contribution is -1.93. The summed E-state index contributed by atoms with van der Waals surface area (Å²) in [6.45, 7) is 0. The van der Waals surface area contributed by atoms with Crippen molar-refractivity contribution in [1.29, 1.82) is 0 Å². The van der Waals surface area contributed by atoms with Crippen LogP contribution in [0.1, 0.15) is 0 Å². The van der Waals surface area contributed by atoms with Crippen LogP contribution >= 0.6 is 0 Å². The number of nitro groups is 1. The third-order valence-corrected chi connectivity index (χ3v) is 4.71. The van der Waals surface area contributed by atoms with Crippen LogP contribution in [-0.4, -0.2) is 24.7 Å². The van der Waals surface area contributed by atoms with Gasteiger partial charge in [0.2, 0.25) is 0 Å². The fourth-order valence-electron chi connectivity index (χ4n) is 3.31. The largest absolute Gasteiger partial charge is 0.338 e. The van der Waals surface area contributed by atoms with Gasteiger partial charge in [0.1, 0.15) is 11.5 Å². The second-order valence-corrected chi connectivity index (χ2v) is 6.58. The number of H-pyrrole nitrogens is 1. The van der Waals surface area contributed by atoms with Crippen LogP contribution in [0.15, 0.2) is 85.1 Å². The Labute approximate surface area is 165 Å². The Morgan fingerprint density at radius 2 is 1.66 bits per heavy atom. The molecule has 2 aromatic heterocycles. The van der Waals surface area contributed by atoms with Crippen LogP contribution in [0.2, 0.25) is 0 Å². The van der Waals surface area contributed by atoms with E-state index in [2.05, 4.69) is 9.97 Å². The Kier molecular flexibility index (Phi) is 3.91. The van der Waals surface area contributed by atoms with Gasteiger partial charge in [-0.05, 0) is 18.2 Å². The van der Waals surface area contributed by atoms with Gasteiger partial charge in [-0.2, -0.15) is 5.10 Å². The lowest BCUT2D eigenvalue weighted by atomic mass is 10.1. The molecule has 29 heavy (non-hydrogen) atoms. The van der Waals surface area contributed by atoms with Crippen LogP contribution in [0.4, 0.5) is 5.69 Å². The minimum Gasteiger partial charge on any atom is -0.338 e. The molecule has 0 aliphatic rings. The normalized spacial score (nSPS) is 11.0.